The lowest BCUT2D eigenvalue weighted by Gasteiger charge is -2.06. The number of aryl methyl sites for hydroxylation is 1. The van der Waals surface area contributed by atoms with Crippen LogP contribution >= 0.6 is 10.7 Å². The van der Waals surface area contributed by atoms with Gasteiger partial charge in [-0.2, -0.15) is 0 Å². The first-order valence-corrected chi connectivity index (χ1v) is 6.34. The van der Waals surface area contributed by atoms with Gasteiger partial charge in [0.25, 0.3) is 21.2 Å². The van der Waals surface area contributed by atoms with E-state index >= 15 is 0 Å². The van der Waals surface area contributed by atoms with Crippen LogP contribution < -0.4 is 0 Å². The summed E-state index contributed by atoms with van der Waals surface area (Å²) in [6.45, 7) is 1.23. The molecule has 1 rings (SSSR count). The standard InChI is InChI=1S/C7H5ClF2N2O4S/c1-3-2-4(12(13)14)6(17(8,15)16)5(11-3)7(9)10/h2,7H,1H3. The van der Waals surface area contributed by atoms with E-state index < -0.39 is 36.7 Å². The molecule has 0 radical (unpaired) electrons. The molecule has 17 heavy (non-hydrogen) atoms. The van der Waals surface area contributed by atoms with Gasteiger partial charge in [0.1, 0.15) is 5.69 Å². The van der Waals surface area contributed by atoms with Crippen molar-refractivity contribution in [1.29, 1.82) is 0 Å². The molecule has 0 amide bonds. The summed E-state index contributed by atoms with van der Waals surface area (Å²) < 4.78 is 47.3. The van der Waals surface area contributed by atoms with Gasteiger partial charge in [0, 0.05) is 22.4 Å². The number of hydrogen-bond donors (Lipinski definition) is 0. The first-order chi connectivity index (χ1) is 7.64. The molecule has 1 heterocycles. The molecular weight excluding hydrogens is 282 g/mol. The number of nitro groups is 1. The predicted molar refractivity (Wildman–Crippen MR) is 53.6 cm³/mol. The minimum absolute atomic E-state index is 0.101. The fourth-order valence-corrected chi connectivity index (χ4v) is 2.44. The molecule has 6 nitrogen and oxygen atoms in total. The van der Waals surface area contributed by atoms with E-state index in [4.69, 9.17) is 10.7 Å². The Balaban J connectivity index is 3.79. The van der Waals surface area contributed by atoms with Gasteiger partial charge in [-0.05, 0) is 6.92 Å². The highest BCUT2D eigenvalue weighted by atomic mass is 35.7. The number of rotatable bonds is 3. The second kappa shape index (κ2) is 4.49. The molecule has 0 N–H and O–H groups in total. The maximum Gasteiger partial charge on any atom is 0.293 e. The summed E-state index contributed by atoms with van der Waals surface area (Å²) in [6.07, 6.45) is -3.28. The van der Waals surface area contributed by atoms with Gasteiger partial charge in [-0.25, -0.2) is 17.2 Å². The molecule has 0 aliphatic heterocycles. The third kappa shape index (κ3) is 2.86. The Morgan fingerprint density at radius 2 is 2.06 bits per heavy atom. The van der Waals surface area contributed by atoms with E-state index in [0.717, 1.165) is 6.07 Å². The van der Waals surface area contributed by atoms with Crippen molar-refractivity contribution in [2.24, 2.45) is 0 Å². The van der Waals surface area contributed by atoms with E-state index in [0.29, 0.717) is 0 Å². The Morgan fingerprint density at radius 3 is 2.41 bits per heavy atom. The maximum absolute atomic E-state index is 12.6. The van der Waals surface area contributed by atoms with Crippen LogP contribution in [0, 0.1) is 17.0 Å². The molecule has 0 bridgehead atoms. The molecule has 94 valence electrons. The van der Waals surface area contributed by atoms with Crippen LogP contribution in [0.4, 0.5) is 14.5 Å². The van der Waals surface area contributed by atoms with Crippen LogP contribution in [0.5, 0.6) is 0 Å². The second-order valence-corrected chi connectivity index (χ2v) is 5.50. The summed E-state index contributed by atoms with van der Waals surface area (Å²) in [4.78, 5) is 11.5. The fraction of sp³-hybridized carbons (Fsp3) is 0.286. The summed E-state index contributed by atoms with van der Waals surface area (Å²) in [6, 6.07) is 0.765. The van der Waals surface area contributed by atoms with Gasteiger partial charge in [-0.3, -0.25) is 15.1 Å². The van der Waals surface area contributed by atoms with Gasteiger partial charge in [0.2, 0.25) is 0 Å². The third-order valence-electron chi connectivity index (χ3n) is 1.75. The summed E-state index contributed by atoms with van der Waals surface area (Å²) in [5.41, 5.74) is -2.33. The molecule has 0 saturated carbocycles. The molecule has 0 atom stereocenters. The number of hydrogen-bond acceptors (Lipinski definition) is 5. The summed E-state index contributed by atoms with van der Waals surface area (Å²) >= 11 is 0. The molecular formula is C7H5ClF2N2O4S. The topological polar surface area (TPSA) is 90.2 Å². The first-order valence-electron chi connectivity index (χ1n) is 4.03. The zero-order valence-electron chi connectivity index (χ0n) is 8.22. The van der Waals surface area contributed by atoms with Crippen molar-refractivity contribution >= 4 is 25.4 Å². The minimum atomic E-state index is -4.68. The molecule has 0 saturated heterocycles. The Labute approximate surface area is 98.8 Å². The largest absolute Gasteiger partial charge is 0.293 e. The van der Waals surface area contributed by atoms with Gasteiger partial charge < -0.3 is 0 Å². The molecule has 1 aromatic rings. The van der Waals surface area contributed by atoms with Crippen molar-refractivity contribution in [2.75, 3.05) is 0 Å². The van der Waals surface area contributed by atoms with E-state index in [1.807, 2.05) is 0 Å². The Bertz CT molecular complexity index is 575. The lowest BCUT2D eigenvalue weighted by atomic mass is 10.2. The van der Waals surface area contributed by atoms with Crippen LogP contribution in [0.15, 0.2) is 11.0 Å². The minimum Gasteiger partial charge on any atom is -0.258 e. The Morgan fingerprint density at radius 1 is 1.53 bits per heavy atom. The SMILES string of the molecule is Cc1cc([N+](=O)[O-])c(S(=O)(=O)Cl)c(C(F)F)n1. The van der Waals surface area contributed by atoms with Gasteiger partial charge in [0.05, 0.1) is 4.92 Å². The number of halogens is 3. The van der Waals surface area contributed by atoms with Gasteiger partial charge in [0.15, 0.2) is 4.90 Å². The molecule has 0 fully saturated rings. The monoisotopic (exact) mass is 286 g/mol. The molecule has 0 aliphatic rings. The van der Waals surface area contributed by atoms with Crippen LogP contribution in [-0.2, 0) is 9.05 Å². The Hall–Kier alpha value is -1.35. The molecule has 0 spiro atoms. The fourth-order valence-electron chi connectivity index (χ4n) is 1.20. The van der Waals surface area contributed by atoms with Crippen molar-refractivity contribution < 1.29 is 22.1 Å². The predicted octanol–water partition coefficient (Wildman–Crippen LogP) is 2.16. The van der Waals surface area contributed by atoms with Gasteiger partial charge in [-0.1, -0.05) is 0 Å². The van der Waals surface area contributed by atoms with Crippen molar-refractivity contribution in [3.8, 4) is 0 Å². The lowest BCUT2D eigenvalue weighted by Crippen LogP contribution is -2.07. The van der Waals surface area contributed by atoms with Gasteiger partial charge >= 0.3 is 0 Å². The average Bonchev–Trinajstić information content (AvgIpc) is 2.14. The third-order valence-corrected chi connectivity index (χ3v) is 3.12. The van der Waals surface area contributed by atoms with Crippen molar-refractivity contribution in [3.63, 3.8) is 0 Å². The summed E-state index contributed by atoms with van der Waals surface area (Å²) in [7, 11) is 0.221. The second-order valence-electron chi connectivity index (χ2n) is 2.99. The summed E-state index contributed by atoms with van der Waals surface area (Å²) in [5.74, 6) is 0. The number of pyridine rings is 1. The zero-order chi connectivity index (χ0) is 13.4. The molecule has 10 heteroatoms. The zero-order valence-corrected chi connectivity index (χ0v) is 9.80. The van der Waals surface area contributed by atoms with E-state index in [1.165, 1.54) is 6.92 Å². The molecule has 0 aliphatic carbocycles. The molecule has 0 aromatic carbocycles. The van der Waals surface area contributed by atoms with Crippen molar-refractivity contribution in [3.05, 3.63) is 27.6 Å². The maximum atomic E-state index is 12.6. The van der Waals surface area contributed by atoms with Crippen LogP contribution in [0.3, 0.4) is 0 Å². The number of aromatic nitrogens is 1. The lowest BCUT2D eigenvalue weighted by molar-refractivity contribution is -0.388. The highest BCUT2D eigenvalue weighted by Gasteiger charge is 2.33. The van der Waals surface area contributed by atoms with E-state index in [9.17, 15) is 27.3 Å². The average molecular weight is 287 g/mol. The quantitative estimate of drug-likeness (QED) is 0.482. The molecule has 0 unspecified atom stereocenters. The van der Waals surface area contributed by atoms with Crippen molar-refractivity contribution in [2.45, 2.75) is 18.2 Å². The van der Waals surface area contributed by atoms with E-state index in [2.05, 4.69) is 4.98 Å². The van der Waals surface area contributed by atoms with E-state index in [1.54, 1.807) is 0 Å². The normalized spacial score (nSPS) is 11.8. The highest BCUT2D eigenvalue weighted by molar-refractivity contribution is 8.13. The number of nitrogens with zero attached hydrogens (tertiary/aromatic N) is 2. The van der Waals surface area contributed by atoms with Crippen LogP contribution in [0.25, 0.3) is 0 Å². The first kappa shape index (κ1) is 13.7. The molecule has 1 aromatic heterocycles. The van der Waals surface area contributed by atoms with Crippen molar-refractivity contribution in [1.82, 2.24) is 4.98 Å². The smallest absolute Gasteiger partial charge is 0.258 e. The Kier molecular flexibility index (Phi) is 3.62. The van der Waals surface area contributed by atoms with Crippen LogP contribution in [-0.4, -0.2) is 18.3 Å². The number of alkyl halides is 2. The highest BCUT2D eigenvalue weighted by Crippen LogP contribution is 2.34. The van der Waals surface area contributed by atoms with Crippen LogP contribution in [0.1, 0.15) is 17.8 Å². The van der Waals surface area contributed by atoms with Gasteiger partial charge in [-0.15, -0.1) is 0 Å². The van der Waals surface area contributed by atoms with Crippen LogP contribution in [0.2, 0.25) is 0 Å². The van der Waals surface area contributed by atoms with E-state index in [-0.39, 0.29) is 5.69 Å². The summed E-state index contributed by atoms with van der Waals surface area (Å²) in [5, 5.41) is 10.6.